The van der Waals surface area contributed by atoms with E-state index in [0.29, 0.717) is 12.1 Å². The molecule has 0 aliphatic heterocycles. The summed E-state index contributed by atoms with van der Waals surface area (Å²) in [5, 5.41) is 21.8. The zero-order valence-corrected chi connectivity index (χ0v) is 12.0. The number of aromatic carboxylic acids is 1. The van der Waals surface area contributed by atoms with Crippen molar-refractivity contribution in [3.63, 3.8) is 0 Å². The van der Waals surface area contributed by atoms with Crippen LogP contribution in [0.2, 0.25) is 0 Å². The molecule has 1 unspecified atom stereocenters. The van der Waals surface area contributed by atoms with Crippen LogP contribution in [0.5, 0.6) is 0 Å². The van der Waals surface area contributed by atoms with Gasteiger partial charge in [0, 0.05) is 12.2 Å². The Kier molecular flexibility index (Phi) is 5.20. The van der Waals surface area contributed by atoms with E-state index in [0.717, 1.165) is 11.3 Å². The van der Waals surface area contributed by atoms with Crippen molar-refractivity contribution < 1.29 is 15.0 Å². The molecule has 0 heterocycles. The minimum atomic E-state index is -0.957. The van der Waals surface area contributed by atoms with Gasteiger partial charge < -0.3 is 15.5 Å². The maximum absolute atomic E-state index is 11.3. The summed E-state index contributed by atoms with van der Waals surface area (Å²) in [7, 11) is 0. The fraction of sp³-hybridized carbons (Fsp3) is 0.188. The number of halogens is 1. The van der Waals surface area contributed by atoms with E-state index in [4.69, 9.17) is 11.6 Å². The van der Waals surface area contributed by atoms with E-state index in [9.17, 15) is 15.0 Å². The number of carboxylic acid groups (broad SMARTS) is 1. The monoisotopic (exact) mass is 305 g/mol. The Hall–Kier alpha value is -2.04. The first kappa shape index (κ1) is 15.4. The molecule has 0 radical (unpaired) electrons. The molecule has 0 aliphatic carbocycles. The lowest BCUT2D eigenvalue weighted by atomic mass is 9.99. The SMILES string of the molecule is O=C(O)c1ccccc1-c1cccc(NCC(O)CCl)c1. The lowest BCUT2D eigenvalue weighted by molar-refractivity contribution is 0.0697. The third-order valence-corrected chi connectivity index (χ3v) is 3.41. The number of hydrogen-bond donors (Lipinski definition) is 3. The molecule has 0 fully saturated rings. The Morgan fingerprint density at radius 1 is 1.19 bits per heavy atom. The van der Waals surface area contributed by atoms with Gasteiger partial charge in [0.15, 0.2) is 0 Å². The Balaban J connectivity index is 2.27. The number of aliphatic hydroxyl groups excluding tert-OH is 1. The Morgan fingerprint density at radius 2 is 1.95 bits per heavy atom. The van der Waals surface area contributed by atoms with Crippen molar-refractivity contribution in [3.8, 4) is 11.1 Å². The van der Waals surface area contributed by atoms with Crippen LogP contribution in [0.4, 0.5) is 5.69 Å². The highest BCUT2D eigenvalue weighted by Crippen LogP contribution is 2.26. The van der Waals surface area contributed by atoms with Crippen LogP contribution in [0.3, 0.4) is 0 Å². The molecule has 21 heavy (non-hydrogen) atoms. The average molecular weight is 306 g/mol. The number of aliphatic hydroxyl groups is 1. The first-order valence-electron chi connectivity index (χ1n) is 6.52. The number of benzene rings is 2. The fourth-order valence-corrected chi connectivity index (χ4v) is 2.12. The lowest BCUT2D eigenvalue weighted by Crippen LogP contribution is -2.20. The second-order valence-corrected chi connectivity index (χ2v) is 4.93. The molecule has 0 aromatic heterocycles. The Labute approximate surface area is 128 Å². The molecule has 110 valence electrons. The number of rotatable bonds is 6. The van der Waals surface area contributed by atoms with E-state index >= 15 is 0 Å². The van der Waals surface area contributed by atoms with Crippen LogP contribution in [0, 0.1) is 0 Å². The van der Waals surface area contributed by atoms with Crippen LogP contribution in [-0.4, -0.2) is 34.7 Å². The van der Waals surface area contributed by atoms with Crippen LogP contribution in [0.25, 0.3) is 11.1 Å². The molecule has 0 spiro atoms. The summed E-state index contributed by atoms with van der Waals surface area (Å²) in [6, 6.07) is 14.3. The van der Waals surface area contributed by atoms with Crippen molar-refractivity contribution in [2.45, 2.75) is 6.10 Å². The summed E-state index contributed by atoms with van der Waals surface area (Å²) < 4.78 is 0. The number of nitrogens with one attached hydrogen (secondary N) is 1. The summed E-state index contributed by atoms with van der Waals surface area (Å²) >= 11 is 5.55. The van der Waals surface area contributed by atoms with Crippen LogP contribution in [0.15, 0.2) is 48.5 Å². The lowest BCUT2D eigenvalue weighted by Gasteiger charge is -2.12. The molecule has 2 aromatic carbocycles. The smallest absolute Gasteiger partial charge is 0.336 e. The zero-order valence-electron chi connectivity index (χ0n) is 11.3. The van der Waals surface area contributed by atoms with Gasteiger partial charge in [0.1, 0.15) is 0 Å². The van der Waals surface area contributed by atoms with E-state index in [2.05, 4.69) is 5.32 Å². The van der Waals surface area contributed by atoms with Crippen LogP contribution in [-0.2, 0) is 0 Å². The maximum atomic E-state index is 11.3. The molecule has 0 saturated carbocycles. The highest BCUT2D eigenvalue weighted by atomic mass is 35.5. The molecule has 3 N–H and O–H groups in total. The summed E-state index contributed by atoms with van der Waals surface area (Å²) in [4.78, 5) is 11.3. The average Bonchev–Trinajstić information content (AvgIpc) is 2.52. The maximum Gasteiger partial charge on any atom is 0.336 e. The molecule has 2 rings (SSSR count). The predicted molar refractivity (Wildman–Crippen MR) is 84.1 cm³/mol. The predicted octanol–water partition coefficient (Wildman–Crippen LogP) is 3.06. The normalized spacial score (nSPS) is 11.9. The largest absolute Gasteiger partial charge is 0.478 e. The standard InChI is InChI=1S/C16H16ClNO3/c17-9-13(19)10-18-12-5-3-4-11(8-12)14-6-1-2-7-15(14)16(20)21/h1-8,13,18-19H,9-10H2,(H,20,21). The van der Waals surface area contributed by atoms with Gasteiger partial charge in [0.2, 0.25) is 0 Å². The summed E-state index contributed by atoms with van der Waals surface area (Å²) in [6.45, 7) is 0.341. The van der Waals surface area contributed by atoms with E-state index in [1.807, 2.05) is 24.3 Å². The zero-order chi connectivity index (χ0) is 15.2. The molecular weight excluding hydrogens is 290 g/mol. The number of hydrogen-bond acceptors (Lipinski definition) is 3. The van der Waals surface area contributed by atoms with Gasteiger partial charge in [-0.15, -0.1) is 11.6 Å². The molecule has 2 aromatic rings. The van der Waals surface area contributed by atoms with Crippen molar-refractivity contribution >= 4 is 23.3 Å². The van der Waals surface area contributed by atoms with Crippen molar-refractivity contribution in [2.24, 2.45) is 0 Å². The summed E-state index contributed by atoms with van der Waals surface area (Å²) in [5.41, 5.74) is 2.53. The highest BCUT2D eigenvalue weighted by Gasteiger charge is 2.11. The molecular formula is C16H16ClNO3. The summed E-state index contributed by atoms with van der Waals surface area (Å²) in [5.74, 6) is -0.796. The van der Waals surface area contributed by atoms with Gasteiger partial charge in [-0.2, -0.15) is 0 Å². The number of carboxylic acids is 1. The fourth-order valence-electron chi connectivity index (χ4n) is 2.01. The number of anilines is 1. The third kappa shape index (κ3) is 3.97. The quantitative estimate of drug-likeness (QED) is 0.717. The van der Waals surface area contributed by atoms with Crippen molar-refractivity contribution in [1.82, 2.24) is 0 Å². The van der Waals surface area contributed by atoms with Gasteiger partial charge in [-0.25, -0.2) is 4.79 Å². The molecule has 4 nitrogen and oxygen atoms in total. The molecule has 0 saturated heterocycles. The van der Waals surface area contributed by atoms with Crippen LogP contribution < -0.4 is 5.32 Å². The van der Waals surface area contributed by atoms with Crippen LogP contribution >= 0.6 is 11.6 Å². The van der Waals surface area contributed by atoms with Gasteiger partial charge in [-0.1, -0.05) is 30.3 Å². The summed E-state index contributed by atoms with van der Waals surface area (Å²) in [6.07, 6.45) is -0.623. The minimum absolute atomic E-state index is 0.161. The first-order chi connectivity index (χ1) is 10.1. The second-order valence-electron chi connectivity index (χ2n) is 4.62. The van der Waals surface area contributed by atoms with Crippen LogP contribution in [0.1, 0.15) is 10.4 Å². The van der Waals surface area contributed by atoms with Crippen molar-refractivity contribution in [2.75, 3.05) is 17.7 Å². The van der Waals surface area contributed by atoms with Gasteiger partial charge in [0.25, 0.3) is 0 Å². The van der Waals surface area contributed by atoms with Gasteiger partial charge in [-0.3, -0.25) is 0 Å². The molecule has 0 bridgehead atoms. The second kappa shape index (κ2) is 7.11. The molecule has 1 atom stereocenters. The Morgan fingerprint density at radius 3 is 2.67 bits per heavy atom. The van der Waals surface area contributed by atoms with E-state index in [-0.39, 0.29) is 11.4 Å². The van der Waals surface area contributed by atoms with Gasteiger partial charge in [-0.05, 0) is 29.3 Å². The number of alkyl halides is 1. The molecule has 0 amide bonds. The first-order valence-corrected chi connectivity index (χ1v) is 7.06. The number of carbonyl (C=O) groups is 1. The molecule has 0 aliphatic rings. The van der Waals surface area contributed by atoms with Gasteiger partial charge >= 0.3 is 5.97 Å². The topological polar surface area (TPSA) is 69.6 Å². The minimum Gasteiger partial charge on any atom is -0.478 e. The highest BCUT2D eigenvalue weighted by molar-refractivity contribution is 6.18. The van der Waals surface area contributed by atoms with E-state index in [1.54, 1.807) is 24.3 Å². The van der Waals surface area contributed by atoms with Gasteiger partial charge in [0.05, 0.1) is 17.5 Å². The third-order valence-electron chi connectivity index (χ3n) is 3.05. The van der Waals surface area contributed by atoms with E-state index in [1.165, 1.54) is 0 Å². The van der Waals surface area contributed by atoms with E-state index < -0.39 is 12.1 Å². The Bertz CT molecular complexity index is 630. The molecule has 5 heteroatoms. The van der Waals surface area contributed by atoms with Crippen molar-refractivity contribution in [3.05, 3.63) is 54.1 Å². The van der Waals surface area contributed by atoms with Crippen molar-refractivity contribution in [1.29, 1.82) is 0 Å².